The van der Waals surface area contributed by atoms with E-state index in [0.717, 1.165) is 43.5 Å². The number of likely N-dealkylation sites (tertiary alicyclic amines) is 1. The van der Waals surface area contributed by atoms with Crippen molar-refractivity contribution in [2.24, 2.45) is 4.99 Å². The number of para-hydroxylation sites is 2. The number of hydrogen-bond donors (Lipinski definition) is 0. The van der Waals surface area contributed by atoms with Gasteiger partial charge in [0.2, 0.25) is 0 Å². The van der Waals surface area contributed by atoms with Crippen molar-refractivity contribution in [2.45, 2.75) is 64.8 Å². The van der Waals surface area contributed by atoms with E-state index in [1.165, 1.54) is 44.1 Å². The minimum atomic E-state index is -0.538. The molecular weight excluding hydrogens is 448 g/mol. The van der Waals surface area contributed by atoms with Crippen LogP contribution in [-0.4, -0.2) is 43.4 Å². The van der Waals surface area contributed by atoms with Gasteiger partial charge in [0.1, 0.15) is 18.0 Å². The monoisotopic (exact) mass is 488 g/mol. The molecule has 0 N–H and O–H groups in total. The molecule has 34 heavy (non-hydrogen) atoms. The molecule has 1 fully saturated rings. The van der Waals surface area contributed by atoms with Gasteiger partial charge in [-0.1, -0.05) is 75.1 Å². The highest BCUT2D eigenvalue weighted by atomic mass is 35.5. The third kappa shape index (κ3) is 9.55. The quantitative estimate of drug-likeness (QED) is 0.150. The zero-order chi connectivity index (χ0) is 23.2. The van der Waals surface area contributed by atoms with E-state index in [1.807, 2.05) is 24.3 Å². The number of unbranched alkanes of at least 4 members (excludes halogenated alkanes) is 4. The van der Waals surface area contributed by atoms with Gasteiger partial charge in [0.05, 0.1) is 26.2 Å². The lowest BCUT2D eigenvalue weighted by Gasteiger charge is -2.42. The van der Waals surface area contributed by atoms with Crippen LogP contribution >= 0.6 is 12.4 Å². The molecule has 0 atom stereocenters. The standard InChI is InChI=1S/C28H40N2O3.ClH/c1-2-3-4-5-14-22-32-27-18-11-10-17-26(27)29-28(31)33-23-21-30(19-12-7-13-20-30)24-25-15-8-6-9-16-25;/h6,8-11,15-18H,2-5,7,12-14,19-24H2,1H3;1H. The van der Waals surface area contributed by atoms with E-state index < -0.39 is 6.08 Å². The van der Waals surface area contributed by atoms with Gasteiger partial charge in [0.15, 0.2) is 6.08 Å². The first kappa shape index (κ1) is 28.0. The lowest BCUT2D eigenvalue weighted by Crippen LogP contribution is -2.52. The minimum absolute atomic E-state index is 0. The molecule has 5 nitrogen and oxygen atoms in total. The normalized spacial score (nSPS) is 15.4. The van der Waals surface area contributed by atoms with Crippen molar-refractivity contribution in [3.63, 3.8) is 0 Å². The first-order valence-electron chi connectivity index (χ1n) is 12.7. The molecular formula is C28H41ClN2O3. The molecule has 1 heterocycles. The Kier molecular flexibility index (Phi) is 12.9. The Bertz CT molecular complexity index is 839. The zero-order valence-electron chi connectivity index (χ0n) is 20.6. The average Bonchev–Trinajstić information content (AvgIpc) is 2.83. The molecule has 0 aromatic heterocycles. The third-order valence-electron chi connectivity index (χ3n) is 6.50. The van der Waals surface area contributed by atoms with Crippen LogP contribution in [0.1, 0.15) is 63.9 Å². The van der Waals surface area contributed by atoms with Gasteiger partial charge >= 0.3 is 0 Å². The van der Waals surface area contributed by atoms with Gasteiger partial charge in [-0.3, -0.25) is 0 Å². The number of hydrogen-bond acceptors (Lipinski definition) is 4. The Morgan fingerprint density at radius 3 is 2.35 bits per heavy atom. The van der Waals surface area contributed by atoms with Crippen LogP contribution in [0.5, 0.6) is 5.75 Å². The van der Waals surface area contributed by atoms with Crippen LogP contribution in [0.15, 0.2) is 59.6 Å². The van der Waals surface area contributed by atoms with Crippen molar-refractivity contribution in [1.29, 1.82) is 0 Å². The van der Waals surface area contributed by atoms with Gasteiger partial charge in [-0.25, -0.2) is 4.99 Å². The summed E-state index contributed by atoms with van der Waals surface area (Å²) in [4.78, 5) is 4.18. The Morgan fingerprint density at radius 2 is 1.59 bits per heavy atom. The van der Waals surface area contributed by atoms with E-state index in [-0.39, 0.29) is 12.4 Å². The highest BCUT2D eigenvalue weighted by Gasteiger charge is 2.29. The van der Waals surface area contributed by atoms with Gasteiger partial charge < -0.3 is 19.1 Å². The summed E-state index contributed by atoms with van der Waals surface area (Å²) >= 11 is 0. The van der Waals surface area contributed by atoms with Crippen molar-refractivity contribution in [1.82, 2.24) is 0 Å². The lowest BCUT2D eigenvalue weighted by molar-refractivity contribution is -0.945. The molecule has 0 saturated carbocycles. The van der Waals surface area contributed by atoms with E-state index in [1.54, 1.807) is 0 Å². The molecule has 0 amide bonds. The van der Waals surface area contributed by atoms with Gasteiger partial charge in [0, 0.05) is 12.2 Å². The SMILES string of the molecule is CCCCCCCOc1ccccc1N=C([O-])OCC[N+]1(Cc2ccccc2)CCCCC1.Cl. The maximum atomic E-state index is 12.5. The predicted octanol–water partition coefficient (Wildman–Crippen LogP) is 6.02. The predicted molar refractivity (Wildman–Crippen MR) is 140 cm³/mol. The summed E-state index contributed by atoms with van der Waals surface area (Å²) < 4.78 is 12.4. The number of ether oxygens (including phenoxy) is 2. The Balaban J connectivity index is 0.00000408. The average molecular weight is 489 g/mol. The summed E-state index contributed by atoms with van der Waals surface area (Å²) in [5, 5.41) is 12.5. The number of benzene rings is 2. The number of aliphatic imine (C=N–C) groups is 1. The van der Waals surface area contributed by atoms with Gasteiger partial charge in [-0.2, -0.15) is 0 Å². The molecule has 6 heteroatoms. The molecule has 1 aliphatic heterocycles. The van der Waals surface area contributed by atoms with Crippen molar-refractivity contribution in [2.75, 3.05) is 32.8 Å². The van der Waals surface area contributed by atoms with Gasteiger partial charge in [-0.15, -0.1) is 12.4 Å². The molecule has 2 aromatic carbocycles. The van der Waals surface area contributed by atoms with Gasteiger partial charge in [0.25, 0.3) is 0 Å². The molecule has 0 aliphatic carbocycles. The highest BCUT2D eigenvalue weighted by Crippen LogP contribution is 2.27. The first-order chi connectivity index (χ1) is 16.2. The molecule has 0 radical (unpaired) electrons. The van der Waals surface area contributed by atoms with E-state index in [0.29, 0.717) is 24.7 Å². The van der Waals surface area contributed by atoms with Crippen molar-refractivity contribution >= 4 is 24.2 Å². The van der Waals surface area contributed by atoms with Crippen molar-refractivity contribution in [3.05, 3.63) is 60.2 Å². The van der Waals surface area contributed by atoms with Crippen LogP contribution in [0.4, 0.5) is 5.69 Å². The number of halogens is 1. The van der Waals surface area contributed by atoms with Gasteiger partial charge in [-0.05, 0) is 37.8 Å². The number of nitrogens with zero attached hydrogens (tertiary/aromatic N) is 2. The van der Waals surface area contributed by atoms with Crippen molar-refractivity contribution in [3.8, 4) is 5.75 Å². The lowest BCUT2D eigenvalue weighted by atomic mass is 10.1. The van der Waals surface area contributed by atoms with Crippen LogP contribution in [-0.2, 0) is 11.3 Å². The summed E-state index contributed by atoms with van der Waals surface area (Å²) in [5.41, 5.74) is 1.89. The second-order valence-corrected chi connectivity index (χ2v) is 9.17. The largest absolute Gasteiger partial charge is 0.594 e. The molecule has 2 aromatic rings. The maximum Gasteiger partial charge on any atom is 0.151 e. The fourth-order valence-corrected chi connectivity index (χ4v) is 4.63. The molecule has 0 bridgehead atoms. The van der Waals surface area contributed by atoms with Crippen LogP contribution in [0.3, 0.4) is 0 Å². The number of rotatable bonds is 13. The highest BCUT2D eigenvalue weighted by molar-refractivity contribution is 5.85. The van der Waals surface area contributed by atoms with Crippen LogP contribution in [0.25, 0.3) is 0 Å². The number of quaternary nitrogens is 1. The van der Waals surface area contributed by atoms with E-state index in [2.05, 4.69) is 42.2 Å². The summed E-state index contributed by atoms with van der Waals surface area (Å²) in [6.45, 7) is 7.33. The molecule has 0 unspecified atom stereocenters. The zero-order valence-corrected chi connectivity index (χ0v) is 21.4. The van der Waals surface area contributed by atoms with E-state index in [4.69, 9.17) is 9.47 Å². The van der Waals surface area contributed by atoms with Crippen LogP contribution in [0, 0.1) is 0 Å². The Labute approximate surface area is 211 Å². The molecule has 1 saturated heterocycles. The third-order valence-corrected chi connectivity index (χ3v) is 6.50. The Hall–Kier alpha value is -2.24. The second kappa shape index (κ2) is 15.6. The van der Waals surface area contributed by atoms with Crippen LogP contribution in [0.2, 0.25) is 0 Å². The fourth-order valence-electron chi connectivity index (χ4n) is 4.63. The first-order valence-corrected chi connectivity index (χ1v) is 12.7. The molecule has 0 spiro atoms. The topological polar surface area (TPSA) is 53.9 Å². The Morgan fingerprint density at radius 1 is 0.882 bits per heavy atom. The maximum absolute atomic E-state index is 12.5. The van der Waals surface area contributed by atoms with E-state index >= 15 is 0 Å². The van der Waals surface area contributed by atoms with E-state index in [9.17, 15) is 5.11 Å². The number of piperidine rings is 1. The fraction of sp³-hybridized carbons (Fsp3) is 0.536. The smallest absolute Gasteiger partial charge is 0.151 e. The summed E-state index contributed by atoms with van der Waals surface area (Å²) in [5.74, 6) is 0.647. The summed E-state index contributed by atoms with van der Waals surface area (Å²) in [6.07, 6.45) is 9.13. The summed E-state index contributed by atoms with van der Waals surface area (Å²) in [6, 6.07) is 18.1. The van der Waals surface area contributed by atoms with Crippen LogP contribution < -0.4 is 9.84 Å². The van der Waals surface area contributed by atoms with Crippen molar-refractivity contribution < 1.29 is 19.1 Å². The second-order valence-electron chi connectivity index (χ2n) is 9.17. The molecule has 1 aliphatic rings. The molecule has 188 valence electrons. The minimum Gasteiger partial charge on any atom is -0.594 e. The summed E-state index contributed by atoms with van der Waals surface area (Å²) in [7, 11) is 0. The molecule has 3 rings (SSSR count).